The van der Waals surface area contributed by atoms with E-state index in [1.165, 1.54) is 5.56 Å². The number of rotatable bonds is 5. The topological polar surface area (TPSA) is 78.4 Å². The zero-order chi connectivity index (χ0) is 22.8. The molecule has 2 fully saturated rings. The Kier molecular flexibility index (Phi) is 5.77. The Bertz CT molecular complexity index is 1140. The molecule has 7 heteroatoms. The molecule has 0 bridgehead atoms. The van der Waals surface area contributed by atoms with Crippen molar-refractivity contribution in [2.75, 3.05) is 36.4 Å². The van der Waals surface area contributed by atoms with Crippen molar-refractivity contribution in [2.45, 2.75) is 19.3 Å². The Morgan fingerprint density at radius 2 is 1.76 bits per heavy atom. The van der Waals surface area contributed by atoms with Crippen LogP contribution in [-0.2, 0) is 4.79 Å². The third kappa shape index (κ3) is 4.44. The number of benzene rings is 2. The van der Waals surface area contributed by atoms with Gasteiger partial charge >= 0.3 is 0 Å². The van der Waals surface area contributed by atoms with E-state index >= 15 is 0 Å². The van der Waals surface area contributed by atoms with E-state index in [-0.39, 0.29) is 17.7 Å². The molecule has 0 spiro atoms. The lowest BCUT2D eigenvalue weighted by Crippen LogP contribution is -2.48. The minimum Gasteiger partial charge on any atom is -0.354 e. The fraction of sp³-hybridized carbons (Fsp3) is 0.308. The van der Waals surface area contributed by atoms with Gasteiger partial charge in [0, 0.05) is 49.5 Å². The number of amides is 2. The molecule has 3 aromatic rings. The van der Waals surface area contributed by atoms with Gasteiger partial charge < -0.3 is 15.1 Å². The second kappa shape index (κ2) is 9.02. The van der Waals surface area contributed by atoms with Crippen molar-refractivity contribution in [3.8, 4) is 0 Å². The van der Waals surface area contributed by atoms with Gasteiger partial charge in [-0.25, -0.2) is 0 Å². The summed E-state index contributed by atoms with van der Waals surface area (Å²) < 4.78 is 0. The molecule has 1 atom stereocenters. The third-order valence-electron chi connectivity index (χ3n) is 6.64. The van der Waals surface area contributed by atoms with Crippen molar-refractivity contribution in [3.05, 3.63) is 83.6 Å². The van der Waals surface area contributed by atoms with Crippen LogP contribution in [0.2, 0.25) is 0 Å². The SMILES string of the molecule is Cc1ccccc1C(=O)N1CC(c2ccc(NC(=O)C3CCN(c4cccnn4)C3)cc2)C1. The molecule has 1 aromatic heterocycles. The third-order valence-corrected chi connectivity index (χ3v) is 6.64. The van der Waals surface area contributed by atoms with Gasteiger partial charge in [0.15, 0.2) is 5.82 Å². The van der Waals surface area contributed by atoms with Gasteiger partial charge in [0.05, 0.1) is 5.92 Å². The summed E-state index contributed by atoms with van der Waals surface area (Å²) in [5, 5.41) is 11.1. The highest BCUT2D eigenvalue weighted by Crippen LogP contribution is 2.30. The molecule has 168 valence electrons. The van der Waals surface area contributed by atoms with Gasteiger partial charge in [-0.15, -0.1) is 5.10 Å². The van der Waals surface area contributed by atoms with Gasteiger partial charge in [-0.3, -0.25) is 9.59 Å². The lowest BCUT2D eigenvalue weighted by molar-refractivity contribution is -0.119. The van der Waals surface area contributed by atoms with Crippen LogP contribution in [0.4, 0.5) is 11.5 Å². The summed E-state index contributed by atoms with van der Waals surface area (Å²) in [7, 11) is 0. The maximum absolute atomic E-state index is 12.7. The molecule has 1 N–H and O–H groups in total. The first-order valence-corrected chi connectivity index (χ1v) is 11.4. The minimum absolute atomic E-state index is 0.0350. The molecule has 7 nitrogen and oxygen atoms in total. The number of hydrogen-bond acceptors (Lipinski definition) is 5. The van der Waals surface area contributed by atoms with Crippen LogP contribution in [0.5, 0.6) is 0 Å². The molecule has 0 aliphatic carbocycles. The summed E-state index contributed by atoms with van der Waals surface area (Å²) in [5.74, 6) is 1.21. The van der Waals surface area contributed by atoms with Crippen molar-refractivity contribution in [2.24, 2.45) is 5.92 Å². The van der Waals surface area contributed by atoms with E-state index in [1.54, 1.807) is 6.20 Å². The molecule has 5 rings (SSSR count). The molecule has 0 radical (unpaired) electrons. The normalized spacial score (nSPS) is 18.2. The van der Waals surface area contributed by atoms with Gasteiger partial charge in [-0.05, 0) is 54.8 Å². The maximum Gasteiger partial charge on any atom is 0.254 e. The van der Waals surface area contributed by atoms with Gasteiger partial charge in [-0.2, -0.15) is 5.10 Å². The number of hydrogen-bond donors (Lipinski definition) is 1. The van der Waals surface area contributed by atoms with Gasteiger partial charge in [0.2, 0.25) is 5.91 Å². The van der Waals surface area contributed by atoms with Crippen LogP contribution in [0.15, 0.2) is 66.9 Å². The molecule has 2 aliphatic rings. The molecule has 33 heavy (non-hydrogen) atoms. The maximum atomic E-state index is 12.7. The van der Waals surface area contributed by atoms with E-state index in [4.69, 9.17) is 0 Å². The number of nitrogens with zero attached hydrogens (tertiary/aromatic N) is 4. The predicted molar refractivity (Wildman–Crippen MR) is 127 cm³/mol. The molecular weight excluding hydrogens is 414 g/mol. The summed E-state index contributed by atoms with van der Waals surface area (Å²) in [5.41, 5.74) is 3.78. The lowest BCUT2D eigenvalue weighted by atomic mass is 9.90. The van der Waals surface area contributed by atoms with E-state index in [2.05, 4.69) is 32.5 Å². The molecule has 2 saturated heterocycles. The predicted octanol–water partition coefficient (Wildman–Crippen LogP) is 3.49. The van der Waals surface area contributed by atoms with Crippen LogP contribution < -0.4 is 10.2 Å². The van der Waals surface area contributed by atoms with Crippen molar-refractivity contribution in [1.29, 1.82) is 0 Å². The van der Waals surface area contributed by atoms with Crippen LogP contribution in [0, 0.1) is 12.8 Å². The second-order valence-corrected chi connectivity index (χ2v) is 8.85. The molecular formula is C26H27N5O2. The van der Waals surface area contributed by atoms with Crippen LogP contribution in [-0.4, -0.2) is 53.1 Å². The van der Waals surface area contributed by atoms with E-state index < -0.39 is 0 Å². The molecule has 2 amide bonds. The van der Waals surface area contributed by atoms with E-state index in [0.717, 1.165) is 48.7 Å². The number of likely N-dealkylation sites (tertiary alicyclic amines) is 1. The summed E-state index contributed by atoms with van der Waals surface area (Å²) in [6.07, 6.45) is 2.45. The Morgan fingerprint density at radius 1 is 0.970 bits per heavy atom. The standard InChI is InChI=1S/C26H27N5O2/c1-18-5-2-3-6-23(18)26(33)31-16-21(17-31)19-8-10-22(11-9-19)28-25(32)20-12-14-30(15-20)24-7-4-13-27-29-24/h2-11,13,20-21H,12,14-17H2,1H3,(H,28,32). The van der Waals surface area contributed by atoms with Crippen molar-refractivity contribution >= 4 is 23.3 Å². The fourth-order valence-electron chi connectivity index (χ4n) is 4.57. The molecule has 1 unspecified atom stereocenters. The number of nitrogens with one attached hydrogen (secondary N) is 1. The van der Waals surface area contributed by atoms with Crippen LogP contribution in [0.1, 0.15) is 33.8 Å². The van der Waals surface area contributed by atoms with E-state index in [0.29, 0.717) is 12.5 Å². The number of carbonyl (C=O) groups excluding carboxylic acids is 2. The second-order valence-electron chi connectivity index (χ2n) is 8.85. The van der Waals surface area contributed by atoms with Gasteiger partial charge in [-0.1, -0.05) is 30.3 Å². The molecule has 2 aromatic carbocycles. The quantitative estimate of drug-likeness (QED) is 0.656. The zero-order valence-electron chi connectivity index (χ0n) is 18.6. The lowest BCUT2D eigenvalue weighted by Gasteiger charge is -2.40. The Hall–Kier alpha value is -3.74. The smallest absolute Gasteiger partial charge is 0.254 e. The van der Waals surface area contributed by atoms with Gasteiger partial charge in [0.1, 0.15) is 0 Å². The van der Waals surface area contributed by atoms with Crippen LogP contribution in [0.3, 0.4) is 0 Å². The largest absolute Gasteiger partial charge is 0.354 e. The first-order valence-electron chi connectivity index (χ1n) is 11.4. The summed E-state index contributed by atoms with van der Waals surface area (Å²) >= 11 is 0. The Morgan fingerprint density at radius 3 is 2.48 bits per heavy atom. The minimum atomic E-state index is -0.0701. The van der Waals surface area contributed by atoms with Gasteiger partial charge in [0.25, 0.3) is 5.91 Å². The number of carbonyl (C=O) groups is 2. The summed E-state index contributed by atoms with van der Waals surface area (Å²) in [6, 6.07) is 19.5. The first kappa shape index (κ1) is 21.1. The average Bonchev–Trinajstić information content (AvgIpc) is 3.31. The monoisotopic (exact) mass is 441 g/mol. The molecule has 2 aliphatic heterocycles. The van der Waals surface area contributed by atoms with Crippen molar-refractivity contribution in [1.82, 2.24) is 15.1 Å². The highest BCUT2D eigenvalue weighted by atomic mass is 16.2. The van der Waals surface area contributed by atoms with E-state index in [9.17, 15) is 9.59 Å². The number of aromatic nitrogens is 2. The van der Waals surface area contributed by atoms with Crippen molar-refractivity contribution < 1.29 is 9.59 Å². The van der Waals surface area contributed by atoms with E-state index in [1.807, 2.05) is 60.4 Å². The summed E-state index contributed by atoms with van der Waals surface area (Å²) in [6.45, 7) is 4.86. The molecule has 3 heterocycles. The first-order chi connectivity index (χ1) is 16.1. The Balaban J connectivity index is 1.13. The zero-order valence-corrected chi connectivity index (χ0v) is 18.6. The highest BCUT2D eigenvalue weighted by molar-refractivity contribution is 5.96. The highest BCUT2D eigenvalue weighted by Gasteiger charge is 2.33. The fourth-order valence-corrected chi connectivity index (χ4v) is 4.57. The summed E-state index contributed by atoms with van der Waals surface area (Å²) in [4.78, 5) is 29.4. The number of anilines is 2. The molecule has 0 saturated carbocycles. The Labute approximate surface area is 193 Å². The number of aryl methyl sites for hydroxylation is 1. The van der Waals surface area contributed by atoms with Crippen LogP contribution >= 0.6 is 0 Å². The van der Waals surface area contributed by atoms with Crippen molar-refractivity contribution in [3.63, 3.8) is 0 Å². The average molecular weight is 442 g/mol. The van der Waals surface area contributed by atoms with Crippen LogP contribution in [0.25, 0.3) is 0 Å².